The highest BCUT2D eigenvalue weighted by Gasteiger charge is 2.21. The maximum atomic E-state index is 14.1. The molecule has 0 saturated heterocycles. The molecule has 1 saturated carbocycles. The minimum absolute atomic E-state index is 0.0769. The Morgan fingerprint density at radius 2 is 1.45 bits per heavy atom. The van der Waals surface area contributed by atoms with E-state index in [0.29, 0.717) is 5.56 Å². The van der Waals surface area contributed by atoms with Crippen LogP contribution in [-0.2, 0) is 6.42 Å². The van der Waals surface area contributed by atoms with Gasteiger partial charge in [0.25, 0.3) is 0 Å². The first-order valence-electron chi connectivity index (χ1n) is 9.41. The highest BCUT2D eigenvalue weighted by Crippen LogP contribution is 2.33. The molecule has 1 aliphatic carbocycles. The van der Waals surface area contributed by atoms with Crippen LogP contribution in [0.3, 0.4) is 0 Å². The topological polar surface area (TPSA) is 12.4 Å². The second kappa shape index (κ2) is 8.49. The molecule has 0 aliphatic heterocycles. The third kappa shape index (κ3) is 4.84. The Hall–Kier alpha value is -3.12. The van der Waals surface area contributed by atoms with Gasteiger partial charge in [-0.3, -0.25) is 0 Å². The predicted molar refractivity (Wildman–Crippen MR) is 115 cm³/mol. The summed E-state index contributed by atoms with van der Waals surface area (Å²) in [6.45, 7) is 0. The summed E-state index contributed by atoms with van der Waals surface area (Å²) in [7, 11) is 0. The van der Waals surface area contributed by atoms with Crippen molar-refractivity contribution in [2.75, 3.05) is 0 Å². The normalized spacial score (nSPS) is 12.6. The van der Waals surface area contributed by atoms with Crippen LogP contribution in [0.2, 0.25) is 0 Å². The van der Waals surface area contributed by atoms with Gasteiger partial charge in [0.1, 0.15) is 11.6 Å². The first kappa shape index (κ1) is 19.2. The highest BCUT2D eigenvalue weighted by molar-refractivity contribution is 7.78. The number of thiocarbonyl (C=S) groups is 1. The van der Waals surface area contributed by atoms with Gasteiger partial charge in [-0.25, -0.2) is 8.78 Å². The van der Waals surface area contributed by atoms with Crippen LogP contribution in [0.25, 0.3) is 11.1 Å². The Morgan fingerprint density at radius 3 is 2.00 bits per heavy atom. The van der Waals surface area contributed by atoms with Gasteiger partial charge in [-0.05, 0) is 66.2 Å². The van der Waals surface area contributed by atoms with E-state index in [1.54, 1.807) is 0 Å². The van der Waals surface area contributed by atoms with Gasteiger partial charge in [-0.1, -0.05) is 48.2 Å². The van der Waals surface area contributed by atoms with Crippen molar-refractivity contribution < 1.29 is 8.78 Å². The van der Waals surface area contributed by atoms with E-state index in [2.05, 4.69) is 58.5 Å². The summed E-state index contributed by atoms with van der Waals surface area (Å²) in [5.74, 6) is 4.71. The summed E-state index contributed by atoms with van der Waals surface area (Å²) in [6.07, 6.45) is 3.87. The summed E-state index contributed by atoms with van der Waals surface area (Å²) < 4.78 is 28.1. The fourth-order valence-electron chi connectivity index (χ4n) is 3.17. The lowest BCUT2D eigenvalue weighted by atomic mass is 10.0. The summed E-state index contributed by atoms with van der Waals surface area (Å²) in [4.78, 5) is 3.59. The van der Waals surface area contributed by atoms with Gasteiger partial charge in [-0.15, -0.1) is 0 Å². The lowest BCUT2D eigenvalue weighted by Gasteiger charge is -2.04. The minimum Gasteiger partial charge on any atom is -0.205 e. The lowest BCUT2D eigenvalue weighted by Crippen LogP contribution is -1.90. The summed E-state index contributed by atoms with van der Waals surface area (Å²) in [6, 6.07) is 18.4. The van der Waals surface area contributed by atoms with Gasteiger partial charge in [0, 0.05) is 17.7 Å². The van der Waals surface area contributed by atoms with Crippen LogP contribution in [0.1, 0.15) is 29.5 Å². The van der Waals surface area contributed by atoms with E-state index in [1.807, 2.05) is 24.3 Å². The van der Waals surface area contributed by atoms with E-state index in [1.165, 1.54) is 24.8 Å². The zero-order valence-corrected chi connectivity index (χ0v) is 16.4. The number of hydrogen-bond donors (Lipinski definition) is 0. The second-order valence-corrected chi connectivity index (χ2v) is 7.34. The molecular weight excluding hydrogens is 384 g/mol. The van der Waals surface area contributed by atoms with Crippen LogP contribution < -0.4 is 0 Å². The Labute approximate surface area is 174 Å². The van der Waals surface area contributed by atoms with Crippen LogP contribution in [0.5, 0.6) is 0 Å². The van der Waals surface area contributed by atoms with Crippen molar-refractivity contribution in [2.24, 2.45) is 10.9 Å². The molecule has 0 amide bonds. The van der Waals surface area contributed by atoms with Crippen molar-refractivity contribution in [3.63, 3.8) is 0 Å². The SMILES string of the molecule is Fc1cc(N=C=S)cc(F)c1C#Cc1ccc(-c2ccc(CC3CC3)cc2)cc1. The molecule has 29 heavy (non-hydrogen) atoms. The van der Waals surface area contributed by atoms with Crippen LogP contribution >= 0.6 is 12.2 Å². The predicted octanol–water partition coefficient (Wildman–Crippen LogP) is 6.72. The molecule has 3 aromatic carbocycles. The van der Waals surface area contributed by atoms with Crippen molar-refractivity contribution in [3.8, 4) is 23.0 Å². The third-order valence-electron chi connectivity index (χ3n) is 4.93. The van der Waals surface area contributed by atoms with Gasteiger partial charge in [0.15, 0.2) is 0 Å². The number of nitrogens with zero attached hydrogens (tertiary/aromatic N) is 1. The molecule has 0 atom stereocenters. The van der Waals surface area contributed by atoms with Crippen LogP contribution in [0.15, 0.2) is 65.7 Å². The average molecular weight is 401 g/mol. The van der Waals surface area contributed by atoms with Gasteiger partial charge < -0.3 is 0 Å². The number of aliphatic imine (C=N–C) groups is 1. The Balaban J connectivity index is 1.51. The van der Waals surface area contributed by atoms with E-state index in [9.17, 15) is 8.78 Å². The molecule has 1 fully saturated rings. The number of hydrogen-bond acceptors (Lipinski definition) is 2. The molecule has 0 aromatic heterocycles. The molecule has 0 radical (unpaired) electrons. The lowest BCUT2D eigenvalue weighted by molar-refractivity contribution is 0.578. The first-order valence-corrected chi connectivity index (χ1v) is 9.81. The van der Waals surface area contributed by atoms with E-state index >= 15 is 0 Å². The summed E-state index contributed by atoms with van der Waals surface area (Å²) >= 11 is 4.45. The molecular formula is C25H17F2NS. The van der Waals surface area contributed by atoms with Gasteiger partial charge in [-0.2, -0.15) is 4.99 Å². The van der Waals surface area contributed by atoms with E-state index in [4.69, 9.17) is 0 Å². The Morgan fingerprint density at radius 1 is 0.862 bits per heavy atom. The monoisotopic (exact) mass is 401 g/mol. The van der Waals surface area contributed by atoms with Crippen molar-refractivity contribution in [2.45, 2.75) is 19.3 Å². The van der Waals surface area contributed by atoms with Crippen molar-refractivity contribution >= 4 is 23.1 Å². The quantitative estimate of drug-likeness (QED) is 0.269. The molecule has 4 rings (SSSR count). The molecule has 0 heterocycles. The molecule has 1 aliphatic rings. The number of isothiocyanates is 1. The zero-order chi connectivity index (χ0) is 20.2. The fraction of sp³-hybridized carbons (Fsp3) is 0.160. The zero-order valence-electron chi connectivity index (χ0n) is 15.6. The van der Waals surface area contributed by atoms with Gasteiger partial charge >= 0.3 is 0 Å². The molecule has 142 valence electrons. The largest absolute Gasteiger partial charge is 0.205 e. The fourth-order valence-corrected chi connectivity index (χ4v) is 3.27. The number of halogens is 2. The van der Waals surface area contributed by atoms with Crippen LogP contribution in [0, 0.1) is 29.4 Å². The average Bonchev–Trinajstić information content (AvgIpc) is 3.53. The van der Waals surface area contributed by atoms with Crippen molar-refractivity contribution in [3.05, 3.63) is 89.0 Å². The van der Waals surface area contributed by atoms with Crippen LogP contribution in [0.4, 0.5) is 14.5 Å². The maximum Gasteiger partial charge on any atom is 0.143 e. The molecule has 4 heteroatoms. The molecule has 1 nitrogen and oxygen atoms in total. The molecule has 0 unspecified atom stereocenters. The van der Waals surface area contributed by atoms with Gasteiger partial charge in [0.05, 0.1) is 16.4 Å². The number of benzene rings is 3. The van der Waals surface area contributed by atoms with E-state index < -0.39 is 11.6 Å². The highest BCUT2D eigenvalue weighted by atomic mass is 32.1. The number of rotatable bonds is 4. The first-order chi connectivity index (χ1) is 14.1. The van der Waals surface area contributed by atoms with Crippen molar-refractivity contribution in [1.29, 1.82) is 0 Å². The van der Waals surface area contributed by atoms with Gasteiger partial charge in [0.2, 0.25) is 0 Å². The van der Waals surface area contributed by atoms with E-state index in [-0.39, 0.29) is 11.3 Å². The second-order valence-electron chi connectivity index (χ2n) is 7.16. The summed E-state index contributed by atoms with van der Waals surface area (Å²) in [5, 5.41) is 2.09. The standard InChI is InChI=1S/C25H17F2NS/c26-24-14-22(28-16-29)15-25(27)23(24)12-7-17-3-8-20(9-4-17)21-10-5-19(6-11-21)13-18-1-2-18/h3-6,8-11,14-15,18H,1-2,13H2. The summed E-state index contributed by atoms with van der Waals surface area (Å²) in [5.41, 5.74) is 4.06. The molecule has 3 aromatic rings. The molecule has 0 spiro atoms. The molecule has 0 N–H and O–H groups in total. The smallest absolute Gasteiger partial charge is 0.143 e. The third-order valence-corrected chi connectivity index (χ3v) is 5.02. The Kier molecular flexibility index (Phi) is 5.62. The Bertz CT molecular complexity index is 1120. The van der Waals surface area contributed by atoms with Crippen molar-refractivity contribution in [1.82, 2.24) is 0 Å². The maximum absolute atomic E-state index is 14.1. The molecule has 0 bridgehead atoms. The van der Waals surface area contributed by atoms with E-state index in [0.717, 1.165) is 29.2 Å². The minimum atomic E-state index is -0.774. The van der Waals surface area contributed by atoms with Crippen LogP contribution in [-0.4, -0.2) is 5.16 Å².